The summed E-state index contributed by atoms with van der Waals surface area (Å²) in [5.41, 5.74) is 4.35. The molecule has 1 heterocycles. The van der Waals surface area contributed by atoms with Crippen molar-refractivity contribution in [2.45, 2.75) is 66.0 Å². The maximum absolute atomic E-state index is 10.7. The number of phenols is 1. The van der Waals surface area contributed by atoms with Crippen LogP contribution in [0.4, 0.5) is 0 Å². The summed E-state index contributed by atoms with van der Waals surface area (Å²) in [5.74, 6) is 7.50. The zero-order valence-corrected chi connectivity index (χ0v) is 19.2. The minimum absolute atomic E-state index is 0.270. The second-order valence-electron chi connectivity index (χ2n) is 8.73. The SMILES string of the molecule is CCN(CC)C1CCN(Cc2cc(C#CC(C)C3=CC=CCC3)cc(C)c2O)CC1. The standard InChI is InChI=1S/C27H38N2O/c1-5-29(6-2)26-14-16-28(17-15-26)20-25-19-23(18-22(4)27(25)30)13-12-21(3)24-10-8-7-9-11-24/h7-8,10,18-19,21,26,30H,5-6,9,11,14-17,20H2,1-4H3. The van der Waals surface area contributed by atoms with Gasteiger partial charge in [0.1, 0.15) is 5.75 Å². The fraction of sp³-hybridized carbons (Fsp3) is 0.556. The van der Waals surface area contributed by atoms with E-state index in [1.807, 2.05) is 13.0 Å². The lowest BCUT2D eigenvalue weighted by Crippen LogP contribution is -2.44. The van der Waals surface area contributed by atoms with Crippen LogP contribution in [0.15, 0.2) is 35.9 Å². The Morgan fingerprint density at radius 1 is 1.20 bits per heavy atom. The molecule has 3 nitrogen and oxygen atoms in total. The molecule has 30 heavy (non-hydrogen) atoms. The number of piperidine rings is 1. The number of aromatic hydroxyl groups is 1. The quantitative estimate of drug-likeness (QED) is 0.652. The Balaban J connectivity index is 1.67. The molecule has 1 saturated heterocycles. The first kappa shape index (κ1) is 22.7. The number of rotatable bonds is 6. The molecule has 1 unspecified atom stereocenters. The summed E-state index contributed by atoms with van der Waals surface area (Å²) in [6.07, 6.45) is 11.2. The van der Waals surface area contributed by atoms with E-state index in [0.717, 1.165) is 62.3 Å². The highest BCUT2D eigenvalue weighted by Gasteiger charge is 2.23. The van der Waals surface area contributed by atoms with Gasteiger partial charge in [0.15, 0.2) is 0 Å². The third-order valence-electron chi connectivity index (χ3n) is 6.69. The summed E-state index contributed by atoms with van der Waals surface area (Å²) in [5, 5.41) is 10.7. The fourth-order valence-corrected chi connectivity index (χ4v) is 4.74. The molecule has 1 fully saturated rings. The van der Waals surface area contributed by atoms with Gasteiger partial charge in [0, 0.05) is 29.6 Å². The Morgan fingerprint density at radius 3 is 2.57 bits per heavy atom. The predicted octanol–water partition coefficient (Wildman–Crippen LogP) is 5.27. The molecule has 1 aliphatic carbocycles. The Kier molecular flexibility index (Phi) is 8.19. The molecule has 1 aromatic carbocycles. The van der Waals surface area contributed by atoms with Crippen molar-refractivity contribution < 1.29 is 5.11 Å². The summed E-state index contributed by atoms with van der Waals surface area (Å²) >= 11 is 0. The van der Waals surface area contributed by atoms with E-state index >= 15 is 0 Å². The largest absolute Gasteiger partial charge is 0.507 e. The minimum Gasteiger partial charge on any atom is -0.507 e. The lowest BCUT2D eigenvalue weighted by atomic mass is 9.93. The molecule has 2 aliphatic rings. The maximum Gasteiger partial charge on any atom is 0.123 e. The van der Waals surface area contributed by atoms with Crippen molar-refractivity contribution in [3.05, 3.63) is 52.6 Å². The zero-order chi connectivity index (χ0) is 21.5. The monoisotopic (exact) mass is 406 g/mol. The molecule has 0 saturated carbocycles. The maximum atomic E-state index is 10.7. The van der Waals surface area contributed by atoms with Crippen LogP contribution in [0.5, 0.6) is 5.75 Å². The normalized spacial score (nSPS) is 18.8. The summed E-state index contributed by atoms with van der Waals surface area (Å²) in [6, 6.07) is 4.81. The third kappa shape index (κ3) is 5.78. The second kappa shape index (κ2) is 10.8. The predicted molar refractivity (Wildman–Crippen MR) is 127 cm³/mol. The average molecular weight is 407 g/mol. The first-order chi connectivity index (χ1) is 14.5. The molecule has 0 amide bonds. The molecule has 1 atom stereocenters. The van der Waals surface area contributed by atoms with E-state index < -0.39 is 0 Å². The topological polar surface area (TPSA) is 26.7 Å². The number of hydrogen-bond donors (Lipinski definition) is 1. The summed E-state index contributed by atoms with van der Waals surface area (Å²) < 4.78 is 0. The van der Waals surface area contributed by atoms with Crippen molar-refractivity contribution in [1.29, 1.82) is 0 Å². The molecular weight excluding hydrogens is 368 g/mol. The molecule has 0 radical (unpaired) electrons. The van der Waals surface area contributed by atoms with Crippen LogP contribution in [-0.2, 0) is 6.54 Å². The Labute approximate surface area is 183 Å². The third-order valence-corrected chi connectivity index (χ3v) is 6.69. The van der Waals surface area contributed by atoms with Crippen molar-refractivity contribution in [3.63, 3.8) is 0 Å². The summed E-state index contributed by atoms with van der Waals surface area (Å²) in [4.78, 5) is 5.06. The smallest absolute Gasteiger partial charge is 0.123 e. The van der Waals surface area contributed by atoms with Crippen LogP contribution in [-0.4, -0.2) is 47.1 Å². The van der Waals surface area contributed by atoms with E-state index in [0.29, 0.717) is 11.8 Å². The Bertz CT molecular complexity index is 830. The highest BCUT2D eigenvalue weighted by atomic mass is 16.3. The highest BCUT2D eigenvalue weighted by Crippen LogP contribution is 2.27. The molecule has 3 rings (SSSR count). The molecule has 1 aliphatic heterocycles. The molecule has 1 N–H and O–H groups in total. The van der Waals surface area contributed by atoms with Crippen LogP contribution >= 0.6 is 0 Å². The van der Waals surface area contributed by atoms with Gasteiger partial charge in [0.2, 0.25) is 0 Å². The van der Waals surface area contributed by atoms with Gasteiger partial charge in [0.05, 0.1) is 0 Å². The van der Waals surface area contributed by atoms with Crippen LogP contribution in [0.3, 0.4) is 0 Å². The van der Waals surface area contributed by atoms with Crippen molar-refractivity contribution in [1.82, 2.24) is 9.80 Å². The molecular formula is C27H38N2O. The Morgan fingerprint density at radius 2 is 1.93 bits per heavy atom. The fourth-order valence-electron chi connectivity index (χ4n) is 4.74. The van der Waals surface area contributed by atoms with Crippen LogP contribution in [0.2, 0.25) is 0 Å². The first-order valence-electron chi connectivity index (χ1n) is 11.7. The Hall–Kier alpha value is -2.02. The first-order valence-corrected chi connectivity index (χ1v) is 11.7. The molecule has 0 bridgehead atoms. The van der Waals surface area contributed by atoms with E-state index in [1.165, 1.54) is 18.4 Å². The van der Waals surface area contributed by atoms with Gasteiger partial charge in [-0.05, 0) is 83.4 Å². The van der Waals surface area contributed by atoms with Gasteiger partial charge >= 0.3 is 0 Å². The van der Waals surface area contributed by atoms with Crippen molar-refractivity contribution >= 4 is 0 Å². The molecule has 0 aromatic heterocycles. The van der Waals surface area contributed by atoms with Crippen LogP contribution in [0, 0.1) is 24.7 Å². The van der Waals surface area contributed by atoms with Crippen molar-refractivity contribution in [3.8, 4) is 17.6 Å². The van der Waals surface area contributed by atoms with E-state index in [2.05, 4.69) is 66.7 Å². The number of phenolic OH excluding ortho intramolecular Hbond substituents is 1. The number of nitrogens with zero attached hydrogens (tertiary/aromatic N) is 2. The lowest BCUT2D eigenvalue weighted by Gasteiger charge is -2.37. The molecule has 1 aromatic rings. The highest BCUT2D eigenvalue weighted by molar-refractivity contribution is 5.49. The van der Waals surface area contributed by atoms with Gasteiger partial charge in [0.25, 0.3) is 0 Å². The van der Waals surface area contributed by atoms with Gasteiger partial charge < -0.3 is 10.0 Å². The molecule has 162 valence electrons. The van der Waals surface area contributed by atoms with Crippen LogP contribution in [0.25, 0.3) is 0 Å². The van der Waals surface area contributed by atoms with Gasteiger partial charge in [-0.1, -0.05) is 49.5 Å². The number of allylic oxidation sites excluding steroid dienone is 4. The average Bonchev–Trinajstić information content (AvgIpc) is 2.78. The molecule has 3 heteroatoms. The van der Waals surface area contributed by atoms with Crippen LogP contribution in [0.1, 0.15) is 63.1 Å². The second-order valence-corrected chi connectivity index (χ2v) is 8.73. The van der Waals surface area contributed by atoms with Crippen molar-refractivity contribution in [2.75, 3.05) is 26.2 Å². The van der Waals surface area contributed by atoms with Gasteiger partial charge in [-0.3, -0.25) is 4.90 Å². The summed E-state index contributed by atoms with van der Waals surface area (Å²) in [7, 11) is 0. The number of benzene rings is 1. The van der Waals surface area contributed by atoms with Gasteiger partial charge in [-0.25, -0.2) is 0 Å². The van der Waals surface area contributed by atoms with E-state index in [1.54, 1.807) is 0 Å². The van der Waals surface area contributed by atoms with E-state index in [-0.39, 0.29) is 5.92 Å². The number of aryl methyl sites for hydroxylation is 1. The summed E-state index contributed by atoms with van der Waals surface area (Å²) in [6.45, 7) is 13.9. The van der Waals surface area contributed by atoms with Gasteiger partial charge in [-0.15, -0.1) is 0 Å². The lowest BCUT2D eigenvalue weighted by molar-refractivity contribution is 0.112. The number of likely N-dealkylation sites (tertiary alicyclic amines) is 1. The van der Waals surface area contributed by atoms with E-state index in [4.69, 9.17) is 0 Å². The minimum atomic E-state index is 0.270. The number of hydrogen-bond acceptors (Lipinski definition) is 3. The van der Waals surface area contributed by atoms with Crippen molar-refractivity contribution in [2.24, 2.45) is 5.92 Å². The van der Waals surface area contributed by atoms with Gasteiger partial charge in [-0.2, -0.15) is 0 Å². The molecule has 0 spiro atoms. The zero-order valence-electron chi connectivity index (χ0n) is 19.2. The van der Waals surface area contributed by atoms with Crippen LogP contribution < -0.4 is 0 Å². The van der Waals surface area contributed by atoms with E-state index in [9.17, 15) is 5.11 Å².